The topological polar surface area (TPSA) is 51.8 Å². The number of rotatable bonds is 1. The molecule has 1 aromatic carbocycles. The first-order chi connectivity index (χ1) is 9.13. The molecule has 0 atom stereocenters. The van der Waals surface area contributed by atoms with E-state index in [1.165, 1.54) is 12.1 Å². The van der Waals surface area contributed by atoms with E-state index in [1.54, 1.807) is 24.4 Å². The molecule has 2 N–H and O–H groups in total. The highest BCUT2D eigenvalue weighted by Gasteiger charge is 2.10. The van der Waals surface area contributed by atoms with Crippen LogP contribution in [0.2, 0.25) is 0 Å². The first-order valence-electron chi connectivity index (χ1n) is 5.61. The lowest BCUT2D eigenvalue weighted by Gasteiger charge is -2.07. The number of nitrogen functional groups attached to an aromatic ring is 1. The van der Waals surface area contributed by atoms with Crippen LogP contribution < -0.4 is 5.73 Å². The second-order valence-corrected chi connectivity index (χ2v) is 4.13. The van der Waals surface area contributed by atoms with Crippen molar-refractivity contribution >= 4 is 16.7 Å². The van der Waals surface area contributed by atoms with Crippen molar-refractivity contribution in [2.75, 3.05) is 5.73 Å². The van der Waals surface area contributed by atoms with Gasteiger partial charge < -0.3 is 5.73 Å². The lowest BCUT2D eigenvalue weighted by Crippen LogP contribution is -1.96. The second-order valence-electron chi connectivity index (χ2n) is 4.13. The van der Waals surface area contributed by atoms with Crippen LogP contribution in [0.1, 0.15) is 0 Å². The number of benzene rings is 1. The highest BCUT2D eigenvalue weighted by atomic mass is 19.1. The van der Waals surface area contributed by atoms with Gasteiger partial charge in [-0.3, -0.25) is 4.98 Å². The van der Waals surface area contributed by atoms with Crippen LogP contribution in [-0.4, -0.2) is 9.97 Å². The number of hydrogen-bond acceptors (Lipinski definition) is 3. The summed E-state index contributed by atoms with van der Waals surface area (Å²) >= 11 is 0. The molecule has 0 spiro atoms. The summed E-state index contributed by atoms with van der Waals surface area (Å²) in [5.41, 5.74) is 8.11. The fraction of sp³-hybridized carbons (Fsp3) is 0. The van der Waals surface area contributed by atoms with Crippen molar-refractivity contribution < 1.29 is 8.78 Å². The maximum Gasteiger partial charge on any atom is 0.126 e. The molecule has 19 heavy (non-hydrogen) atoms. The Hall–Kier alpha value is -2.56. The number of anilines is 1. The number of hydrogen-bond donors (Lipinski definition) is 1. The lowest BCUT2D eigenvalue weighted by atomic mass is 10.1. The first kappa shape index (κ1) is 11.5. The van der Waals surface area contributed by atoms with Crippen molar-refractivity contribution in [3.8, 4) is 11.3 Å². The molecule has 0 saturated heterocycles. The molecule has 0 unspecified atom stereocenters. The summed E-state index contributed by atoms with van der Waals surface area (Å²) in [6.07, 6.45) is 1.63. The Bertz CT molecular complexity index is 751. The largest absolute Gasteiger partial charge is 0.397 e. The highest BCUT2D eigenvalue weighted by Crippen LogP contribution is 2.27. The molecule has 2 heterocycles. The molecule has 94 valence electrons. The number of nitrogens with two attached hydrogens (primary N) is 1. The Morgan fingerprint density at radius 1 is 0.947 bits per heavy atom. The maximum absolute atomic E-state index is 13.2. The summed E-state index contributed by atoms with van der Waals surface area (Å²) in [7, 11) is 0. The van der Waals surface area contributed by atoms with Gasteiger partial charge in [-0.2, -0.15) is 0 Å². The van der Waals surface area contributed by atoms with Gasteiger partial charge in [0.15, 0.2) is 0 Å². The van der Waals surface area contributed by atoms with E-state index < -0.39 is 11.6 Å². The van der Waals surface area contributed by atoms with Gasteiger partial charge in [-0.05, 0) is 30.3 Å². The van der Waals surface area contributed by atoms with Crippen LogP contribution in [-0.2, 0) is 0 Å². The Balaban J connectivity index is 2.26. The molecule has 0 bridgehead atoms. The van der Waals surface area contributed by atoms with Crippen molar-refractivity contribution in [3.05, 3.63) is 54.2 Å². The molecule has 5 heteroatoms. The number of halogens is 2. The minimum atomic E-state index is -0.664. The Labute approximate surface area is 107 Å². The standard InChI is InChI=1S/C14H9F2N3/c15-9-4-8(5-10(16)6-9)14-11(17)7-13-12(19-14)2-1-3-18-13/h1-7H,17H2. The van der Waals surface area contributed by atoms with Gasteiger partial charge in [0.25, 0.3) is 0 Å². The fourth-order valence-electron chi connectivity index (χ4n) is 1.94. The predicted molar refractivity (Wildman–Crippen MR) is 69.3 cm³/mol. The third-order valence-corrected chi connectivity index (χ3v) is 2.75. The average molecular weight is 257 g/mol. The summed E-state index contributed by atoms with van der Waals surface area (Å²) in [6, 6.07) is 8.35. The summed E-state index contributed by atoms with van der Waals surface area (Å²) in [6.45, 7) is 0. The van der Waals surface area contributed by atoms with E-state index in [-0.39, 0.29) is 0 Å². The Kier molecular flexibility index (Phi) is 2.59. The van der Waals surface area contributed by atoms with Gasteiger partial charge in [0, 0.05) is 17.8 Å². The van der Waals surface area contributed by atoms with E-state index in [2.05, 4.69) is 9.97 Å². The number of fused-ring (bicyclic) bond motifs is 1. The van der Waals surface area contributed by atoms with Crippen molar-refractivity contribution in [1.82, 2.24) is 9.97 Å². The van der Waals surface area contributed by atoms with Crippen molar-refractivity contribution in [3.63, 3.8) is 0 Å². The molecular weight excluding hydrogens is 248 g/mol. The van der Waals surface area contributed by atoms with E-state index in [0.29, 0.717) is 28.0 Å². The van der Waals surface area contributed by atoms with E-state index >= 15 is 0 Å². The normalized spacial score (nSPS) is 10.8. The molecule has 0 aliphatic heterocycles. The van der Waals surface area contributed by atoms with Gasteiger partial charge in [-0.25, -0.2) is 13.8 Å². The van der Waals surface area contributed by atoms with E-state index in [9.17, 15) is 8.78 Å². The number of nitrogens with zero attached hydrogens (tertiary/aromatic N) is 2. The van der Waals surface area contributed by atoms with Crippen LogP contribution in [0, 0.1) is 11.6 Å². The van der Waals surface area contributed by atoms with Crippen LogP contribution in [0.4, 0.5) is 14.5 Å². The molecule has 0 fully saturated rings. The van der Waals surface area contributed by atoms with Crippen LogP contribution in [0.15, 0.2) is 42.6 Å². The zero-order chi connectivity index (χ0) is 13.4. The maximum atomic E-state index is 13.2. The summed E-state index contributed by atoms with van der Waals surface area (Å²) in [5, 5.41) is 0. The van der Waals surface area contributed by atoms with Gasteiger partial charge in [-0.15, -0.1) is 0 Å². The summed E-state index contributed by atoms with van der Waals surface area (Å²) in [4.78, 5) is 8.43. The van der Waals surface area contributed by atoms with E-state index in [0.717, 1.165) is 6.07 Å². The van der Waals surface area contributed by atoms with Crippen LogP contribution >= 0.6 is 0 Å². The first-order valence-corrected chi connectivity index (χ1v) is 5.61. The Morgan fingerprint density at radius 3 is 2.42 bits per heavy atom. The molecule has 3 nitrogen and oxygen atoms in total. The molecule has 3 aromatic rings. The third-order valence-electron chi connectivity index (χ3n) is 2.75. The molecule has 2 aromatic heterocycles. The molecule has 0 aliphatic carbocycles. The Morgan fingerprint density at radius 2 is 1.68 bits per heavy atom. The third kappa shape index (κ3) is 2.10. The van der Waals surface area contributed by atoms with Gasteiger partial charge in [-0.1, -0.05) is 0 Å². The smallest absolute Gasteiger partial charge is 0.126 e. The van der Waals surface area contributed by atoms with Crippen molar-refractivity contribution in [2.24, 2.45) is 0 Å². The van der Waals surface area contributed by atoms with E-state index in [4.69, 9.17) is 5.73 Å². The average Bonchev–Trinajstić information content (AvgIpc) is 2.36. The minimum absolute atomic E-state index is 0.306. The second kappa shape index (κ2) is 4.28. The highest BCUT2D eigenvalue weighted by molar-refractivity contribution is 5.85. The molecule has 0 saturated carbocycles. The van der Waals surface area contributed by atoms with Gasteiger partial charge in [0.2, 0.25) is 0 Å². The van der Waals surface area contributed by atoms with Crippen molar-refractivity contribution in [1.29, 1.82) is 0 Å². The van der Waals surface area contributed by atoms with Crippen molar-refractivity contribution in [2.45, 2.75) is 0 Å². The van der Waals surface area contributed by atoms with Gasteiger partial charge in [0.1, 0.15) is 11.6 Å². The predicted octanol–water partition coefficient (Wildman–Crippen LogP) is 3.16. The van der Waals surface area contributed by atoms with Crippen LogP contribution in [0.3, 0.4) is 0 Å². The summed E-state index contributed by atoms with van der Waals surface area (Å²) in [5.74, 6) is -1.33. The molecular formula is C14H9F2N3. The van der Waals surface area contributed by atoms with Crippen LogP contribution in [0.25, 0.3) is 22.3 Å². The lowest BCUT2D eigenvalue weighted by molar-refractivity contribution is 0.584. The molecule has 0 amide bonds. The summed E-state index contributed by atoms with van der Waals surface area (Å²) < 4.78 is 26.5. The van der Waals surface area contributed by atoms with Gasteiger partial charge in [0.05, 0.1) is 22.4 Å². The SMILES string of the molecule is Nc1cc2ncccc2nc1-c1cc(F)cc(F)c1. The zero-order valence-electron chi connectivity index (χ0n) is 9.77. The molecule has 3 rings (SSSR count). The monoisotopic (exact) mass is 257 g/mol. The fourth-order valence-corrected chi connectivity index (χ4v) is 1.94. The van der Waals surface area contributed by atoms with E-state index in [1.807, 2.05) is 0 Å². The van der Waals surface area contributed by atoms with Crippen LogP contribution in [0.5, 0.6) is 0 Å². The molecule has 0 aliphatic rings. The number of pyridine rings is 2. The number of aromatic nitrogens is 2. The molecule has 0 radical (unpaired) electrons. The zero-order valence-corrected chi connectivity index (χ0v) is 9.77. The minimum Gasteiger partial charge on any atom is -0.397 e. The van der Waals surface area contributed by atoms with Gasteiger partial charge >= 0.3 is 0 Å². The quantitative estimate of drug-likeness (QED) is 0.728.